The maximum atomic E-state index is 12.3. The summed E-state index contributed by atoms with van der Waals surface area (Å²) in [7, 11) is -3.71. The summed E-state index contributed by atoms with van der Waals surface area (Å²) in [4.78, 5) is 22.5. The van der Waals surface area contributed by atoms with E-state index >= 15 is 0 Å². The van der Waals surface area contributed by atoms with Gasteiger partial charge in [0.25, 0.3) is 0 Å². The third kappa shape index (κ3) is 7.99. The van der Waals surface area contributed by atoms with E-state index in [2.05, 4.69) is 25.5 Å². The van der Waals surface area contributed by atoms with Gasteiger partial charge in [-0.15, -0.1) is 0 Å². The maximum Gasteiger partial charge on any atom is 0.308 e. The SMILES string of the molecule is CC(=O)Oc1ccc(/C=C/S(=O)(=O)NCc2ccc(C(C)(C)C)cc2)cc1OC(C)=O. The Bertz CT molecular complexity index is 1080. The third-order valence-electron chi connectivity index (χ3n) is 4.21. The number of carbonyl (C=O) groups excluding carboxylic acids is 2. The molecular formula is C23H27NO6S. The van der Waals surface area contributed by atoms with E-state index in [1.54, 1.807) is 6.07 Å². The van der Waals surface area contributed by atoms with Gasteiger partial charge in [0.15, 0.2) is 11.5 Å². The highest BCUT2D eigenvalue weighted by Crippen LogP contribution is 2.29. The van der Waals surface area contributed by atoms with Crippen molar-refractivity contribution in [3.05, 3.63) is 64.6 Å². The minimum atomic E-state index is -3.71. The number of ether oxygens (including phenoxy) is 2. The van der Waals surface area contributed by atoms with Gasteiger partial charge in [-0.25, -0.2) is 13.1 Å². The predicted octanol–water partition coefficient (Wildman–Crippen LogP) is 3.93. The van der Waals surface area contributed by atoms with Crippen molar-refractivity contribution in [2.75, 3.05) is 0 Å². The van der Waals surface area contributed by atoms with Crippen molar-refractivity contribution in [2.24, 2.45) is 0 Å². The molecule has 166 valence electrons. The van der Waals surface area contributed by atoms with E-state index in [4.69, 9.17) is 9.47 Å². The number of hydrogen-bond donors (Lipinski definition) is 1. The van der Waals surface area contributed by atoms with Crippen molar-refractivity contribution in [1.82, 2.24) is 4.72 Å². The van der Waals surface area contributed by atoms with Crippen molar-refractivity contribution in [3.8, 4) is 11.5 Å². The number of hydrogen-bond acceptors (Lipinski definition) is 6. The molecule has 0 saturated heterocycles. The topological polar surface area (TPSA) is 98.8 Å². The molecule has 0 atom stereocenters. The van der Waals surface area contributed by atoms with Gasteiger partial charge in [-0.1, -0.05) is 51.1 Å². The van der Waals surface area contributed by atoms with Crippen LogP contribution >= 0.6 is 0 Å². The Balaban J connectivity index is 2.10. The Labute approximate surface area is 183 Å². The molecule has 31 heavy (non-hydrogen) atoms. The Morgan fingerprint density at radius 2 is 1.52 bits per heavy atom. The van der Waals surface area contributed by atoms with Gasteiger partial charge in [0, 0.05) is 25.8 Å². The zero-order valence-corrected chi connectivity index (χ0v) is 19.1. The van der Waals surface area contributed by atoms with E-state index < -0.39 is 22.0 Å². The zero-order chi connectivity index (χ0) is 23.2. The summed E-state index contributed by atoms with van der Waals surface area (Å²) >= 11 is 0. The maximum absolute atomic E-state index is 12.3. The van der Waals surface area contributed by atoms with Gasteiger partial charge in [0.2, 0.25) is 10.0 Å². The minimum Gasteiger partial charge on any atom is -0.423 e. The summed E-state index contributed by atoms with van der Waals surface area (Å²) in [6, 6.07) is 12.1. The first kappa shape index (κ1) is 24.3. The Morgan fingerprint density at radius 3 is 2.06 bits per heavy atom. The summed E-state index contributed by atoms with van der Waals surface area (Å²) in [5, 5.41) is 1.02. The van der Waals surface area contributed by atoms with Crippen molar-refractivity contribution in [3.63, 3.8) is 0 Å². The molecule has 0 aromatic heterocycles. The number of sulfonamides is 1. The lowest BCUT2D eigenvalue weighted by Gasteiger charge is -2.19. The molecule has 2 aromatic carbocycles. The second kappa shape index (κ2) is 9.89. The largest absolute Gasteiger partial charge is 0.423 e. The summed E-state index contributed by atoms with van der Waals surface area (Å²) in [5.74, 6) is -1.08. The smallest absolute Gasteiger partial charge is 0.308 e. The standard InChI is InChI=1S/C23H27NO6S/c1-16(25)29-21-11-8-18(14-22(21)30-17(2)26)12-13-31(27,28)24-15-19-6-9-20(10-7-19)23(3,4)5/h6-14,24H,15H2,1-5H3/b13-12+. The van der Waals surface area contributed by atoms with Gasteiger partial charge in [-0.3, -0.25) is 9.59 Å². The lowest BCUT2D eigenvalue weighted by atomic mass is 9.87. The first-order valence-electron chi connectivity index (χ1n) is 9.64. The van der Waals surface area contributed by atoms with Crippen LogP contribution in [0.15, 0.2) is 47.9 Å². The molecule has 0 radical (unpaired) electrons. The second-order valence-electron chi connectivity index (χ2n) is 8.01. The predicted molar refractivity (Wildman–Crippen MR) is 119 cm³/mol. The Kier molecular flexibility index (Phi) is 7.75. The van der Waals surface area contributed by atoms with E-state index in [1.165, 1.54) is 37.6 Å². The van der Waals surface area contributed by atoms with E-state index in [9.17, 15) is 18.0 Å². The number of benzene rings is 2. The molecule has 0 aliphatic carbocycles. The van der Waals surface area contributed by atoms with Crippen molar-refractivity contribution in [1.29, 1.82) is 0 Å². The molecule has 2 rings (SSSR count). The van der Waals surface area contributed by atoms with Gasteiger partial charge >= 0.3 is 11.9 Å². The van der Waals surface area contributed by atoms with Crippen LogP contribution in [0.5, 0.6) is 11.5 Å². The highest BCUT2D eigenvalue weighted by atomic mass is 32.2. The third-order valence-corrected chi connectivity index (χ3v) is 5.25. The lowest BCUT2D eigenvalue weighted by molar-refractivity contribution is -0.134. The monoisotopic (exact) mass is 445 g/mol. The van der Waals surface area contributed by atoms with Crippen LogP contribution in [-0.4, -0.2) is 20.4 Å². The van der Waals surface area contributed by atoms with Crippen LogP contribution < -0.4 is 14.2 Å². The van der Waals surface area contributed by atoms with Crippen LogP contribution in [0.25, 0.3) is 6.08 Å². The van der Waals surface area contributed by atoms with Crippen molar-refractivity contribution in [2.45, 2.75) is 46.6 Å². The minimum absolute atomic E-state index is 0.0224. The molecule has 0 spiro atoms. The van der Waals surface area contributed by atoms with Gasteiger partial charge in [-0.2, -0.15) is 0 Å². The molecule has 7 nitrogen and oxygen atoms in total. The van der Waals surface area contributed by atoms with E-state index in [1.807, 2.05) is 24.3 Å². The molecule has 8 heteroatoms. The summed E-state index contributed by atoms with van der Waals surface area (Å²) in [6.45, 7) is 8.92. The normalized spacial score (nSPS) is 12.0. The fourth-order valence-corrected chi connectivity index (χ4v) is 3.43. The van der Waals surface area contributed by atoms with Crippen LogP contribution in [0.1, 0.15) is 51.3 Å². The van der Waals surface area contributed by atoms with Crippen molar-refractivity contribution < 1.29 is 27.5 Å². The molecule has 0 heterocycles. The Hall–Kier alpha value is -2.97. The quantitative estimate of drug-likeness (QED) is 0.512. The molecule has 2 aromatic rings. The fraction of sp³-hybridized carbons (Fsp3) is 0.304. The number of esters is 2. The van der Waals surface area contributed by atoms with Crippen LogP contribution in [0.4, 0.5) is 0 Å². The Morgan fingerprint density at radius 1 is 0.935 bits per heavy atom. The summed E-state index contributed by atoms with van der Waals surface area (Å²) in [6.07, 6.45) is 1.36. The van der Waals surface area contributed by atoms with Gasteiger partial charge in [-0.05, 0) is 40.3 Å². The first-order valence-corrected chi connectivity index (χ1v) is 11.2. The number of carbonyl (C=O) groups is 2. The zero-order valence-electron chi connectivity index (χ0n) is 18.3. The van der Waals surface area contributed by atoms with Crippen LogP contribution in [0.3, 0.4) is 0 Å². The van der Waals surface area contributed by atoms with Crippen LogP contribution in [0.2, 0.25) is 0 Å². The second-order valence-corrected chi connectivity index (χ2v) is 9.66. The molecule has 0 fully saturated rings. The van der Waals surface area contributed by atoms with Gasteiger partial charge in [0.1, 0.15) is 0 Å². The average molecular weight is 446 g/mol. The molecule has 0 aliphatic rings. The van der Waals surface area contributed by atoms with Crippen LogP contribution in [-0.2, 0) is 31.6 Å². The fourth-order valence-electron chi connectivity index (χ4n) is 2.62. The van der Waals surface area contributed by atoms with E-state index in [-0.39, 0.29) is 23.5 Å². The first-order chi connectivity index (χ1) is 14.4. The number of rotatable bonds is 7. The van der Waals surface area contributed by atoms with E-state index in [0.717, 1.165) is 11.0 Å². The molecule has 0 aliphatic heterocycles. The van der Waals surface area contributed by atoms with Crippen LogP contribution in [0, 0.1) is 0 Å². The lowest BCUT2D eigenvalue weighted by Crippen LogP contribution is -2.20. The molecule has 0 saturated carbocycles. The summed E-state index contributed by atoms with van der Waals surface area (Å²) in [5.41, 5.74) is 2.48. The highest BCUT2D eigenvalue weighted by molar-refractivity contribution is 7.92. The molecule has 0 bridgehead atoms. The summed E-state index contributed by atoms with van der Waals surface area (Å²) < 4.78 is 37.2. The molecule has 0 amide bonds. The molecule has 0 unspecified atom stereocenters. The average Bonchev–Trinajstić information content (AvgIpc) is 2.65. The van der Waals surface area contributed by atoms with Gasteiger partial charge < -0.3 is 9.47 Å². The highest BCUT2D eigenvalue weighted by Gasteiger charge is 2.14. The number of nitrogens with one attached hydrogen (secondary N) is 1. The molecule has 1 N–H and O–H groups in total. The van der Waals surface area contributed by atoms with E-state index in [0.29, 0.717) is 5.56 Å². The van der Waals surface area contributed by atoms with Crippen molar-refractivity contribution >= 4 is 28.0 Å². The molecular weight excluding hydrogens is 418 g/mol. The van der Waals surface area contributed by atoms with Gasteiger partial charge in [0.05, 0.1) is 0 Å².